The molecule has 0 bridgehead atoms. The number of benzene rings is 1. The highest BCUT2D eigenvalue weighted by Gasteiger charge is 2.24. The number of carboxylic acid groups (broad SMARTS) is 1. The lowest BCUT2D eigenvalue weighted by Crippen LogP contribution is -2.44. The summed E-state index contributed by atoms with van der Waals surface area (Å²) in [7, 11) is 0. The van der Waals surface area contributed by atoms with Crippen molar-refractivity contribution < 1.29 is 33.8 Å². The average Bonchev–Trinajstić information content (AvgIpc) is 2.69. The van der Waals surface area contributed by atoms with E-state index in [0.29, 0.717) is 11.3 Å². The highest BCUT2D eigenvalue weighted by molar-refractivity contribution is 5.95. The van der Waals surface area contributed by atoms with Crippen LogP contribution >= 0.6 is 0 Å². The molecule has 0 fully saturated rings. The second kappa shape index (κ2) is 12.2. The molecule has 0 saturated heterocycles. The Labute approximate surface area is 185 Å². The number of amides is 4. The topological polar surface area (TPSA) is 189 Å². The van der Waals surface area contributed by atoms with Gasteiger partial charge < -0.3 is 36.8 Å². The number of carboxylic acids is 1. The van der Waals surface area contributed by atoms with Gasteiger partial charge in [0.15, 0.2) is 0 Å². The minimum atomic E-state index is -1.22. The molecular formula is C20H29N5O7. The largest absolute Gasteiger partial charge is 0.480 e. The fourth-order valence-corrected chi connectivity index (χ4v) is 2.31. The summed E-state index contributed by atoms with van der Waals surface area (Å²) in [6.45, 7) is 4.16. The molecule has 4 amide bonds. The molecule has 1 aromatic carbocycles. The first-order valence-corrected chi connectivity index (χ1v) is 9.74. The molecule has 0 aliphatic rings. The van der Waals surface area contributed by atoms with Crippen molar-refractivity contribution in [2.75, 3.05) is 25.0 Å². The Morgan fingerprint density at radius 1 is 0.969 bits per heavy atom. The van der Waals surface area contributed by atoms with E-state index in [2.05, 4.69) is 21.3 Å². The Bertz CT molecular complexity index is 834. The SMILES string of the molecule is CC(C)(C)OC(=O)N[C@@H](Cc1ccc(NC(=O)CNC(=O)CNC(=O)CN)cc1)C(=O)O. The number of rotatable bonds is 10. The number of nitrogens with one attached hydrogen (secondary N) is 4. The molecule has 0 unspecified atom stereocenters. The zero-order valence-electron chi connectivity index (χ0n) is 18.2. The lowest BCUT2D eigenvalue weighted by Gasteiger charge is -2.22. The molecular weight excluding hydrogens is 422 g/mol. The molecule has 12 heteroatoms. The van der Waals surface area contributed by atoms with Crippen LogP contribution in [0.4, 0.5) is 10.5 Å². The van der Waals surface area contributed by atoms with Crippen molar-refractivity contribution in [3.05, 3.63) is 29.8 Å². The van der Waals surface area contributed by atoms with Gasteiger partial charge in [-0.15, -0.1) is 0 Å². The van der Waals surface area contributed by atoms with Crippen molar-refractivity contribution in [3.63, 3.8) is 0 Å². The smallest absolute Gasteiger partial charge is 0.408 e. The van der Waals surface area contributed by atoms with Crippen molar-refractivity contribution in [1.29, 1.82) is 0 Å². The van der Waals surface area contributed by atoms with Crippen molar-refractivity contribution >= 4 is 35.5 Å². The number of ether oxygens (including phenoxy) is 1. The second-order valence-electron chi connectivity index (χ2n) is 7.74. The number of hydrogen-bond acceptors (Lipinski definition) is 7. The predicted molar refractivity (Wildman–Crippen MR) is 115 cm³/mol. The van der Waals surface area contributed by atoms with E-state index in [4.69, 9.17) is 10.5 Å². The number of nitrogens with two attached hydrogens (primary N) is 1. The van der Waals surface area contributed by atoms with Gasteiger partial charge in [-0.05, 0) is 38.5 Å². The Balaban J connectivity index is 2.54. The van der Waals surface area contributed by atoms with Crippen LogP contribution in [0.5, 0.6) is 0 Å². The highest BCUT2D eigenvalue weighted by atomic mass is 16.6. The average molecular weight is 451 g/mol. The number of hydrogen-bond donors (Lipinski definition) is 6. The van der Waals surface area contributed by atoms with Gasteiger partial charge >= 0.3 is 12.1 Å². The van der Waals surface area contributed by atoms with E-state index in [1.807, 2.05) is 0 Å². The van der Waals surface area contributed by atoms with Crippen molar-refractivity contribution in [2.24, 2.45) is 5.73 Å². The summed E-state index contributed by atoms with van der Waals surface area (Å²) < 4.78 is 5.07. The Morgan fingerprint density at radius 3 is 2.06 bits per heavy atom. The number of anilines is 1. The molecule has 1 atom stereocenters. The summed E-state index contributed by atoms with van der Waals surface area (Å²) >= 11 is 0. The van der Waals surface area contributed by atoms with E-state index in [1.165, 1.54) is 0 Å². The number of aliphatic carboxylic acids is 1. The third kappa shape index (κ3) is 10.9. The zero-order chi connectivity index (χ0) is 24.3. The van der Waals surface area contributed by atoms with Gasteiger partial charge in [0.1, 0.15) is 11.6 Å². The van der Waals surface area contributed by atoms with Crippen molar-refractivity contribution in [2.45, 2.75) is 38.8 Å². The van der Waals surface area contributed by atoms with Crippen LogP contribution in [-0.4, -0.2) is 66.2 Å². The first kappa shape index (κ1) is 26.4. The van der Waals surface area contributed by atoms with E-state index in [1.54, 1.807) is 45.0 Å². The molecule has 0 saturated carbocycles. The van der Waals surface area contributed by atoms with Gasteiger partial charge in [0.2, 0.25) is 17.7 Å². The fraction of sp³-hybridized carbons (Fsp3) is 0.450. The van der Waals surface area contributed by atoms with Crippen LogP contribution in [0, 0.1) is 0 Å². The minimum Gasteiger partial charge on any atom is -0.480 e. The maximum Gasteiger partial charge on any atom is 0.408 e. The van der Waals surface area contributed by atoms with E-state index in [9.17, 15) is 29.1 Å². The molecule has 1 aromatic rings. The van der Waals surface area contributed by atoms with Crippen LogP contribution in [-0.2, 0) is 30.3 Å². The van der Waals surface area contributed by atoms with E-state index < -0.39 is 41.4 Å². The van der Waals surface area contributed by atoms with Gasteiger partial charge in [-0.1, -0.05) is 12.1 Å². The zero-order valence-corrected chi connectivity index (χ0v) is 18.2. The molecule has 176 valence electrons. The number of carbonyl (C=O) groups is 5. The Hall–Kier alpha value is -3.67. The van der Waals surface area contributed by atoms with Crippen LogP contribution in [0.2, 0.25) is 0 Å². The summed E-state index contributed by atoms with van der Waals surface area (Å²) in [4.78, 5) is 57.7. The van der Waals surface area contributed by atoms with Gasteiger partial charge in [-0.3, -0.25) is 14.4 Å². The van der Waals surface area contributed by atoms with Crippen LogP contribution in [0.3, 0.4) is 0 Å². The van der Waals surface area contributed by atoms with Crippen molar-refractivity contribution in [3.8, 4) is 0 Å². The summed E-state index contributed by atoms with van der Waals surface area (Å²) in [5.41, 5.74) is 5.38. The molecule has 32 heavy (non-hydrogen) atoms. The first-order chi connectivity index (χ1) is 14.9. The molecule has 0 spiro atoms. The quantitative estimate of drug-likeness (QED) is 0.270. The summed E-state index contributed by atoms with van der Waals surface area (Å²) in [6.07, 6.45) is -0.827. The van der Waals surface area contributed by atoms with Crippen LogP contribution in [0.15, 0.2) is 24.3 Å². The first-order valence-electron chi connectivity index (χ1n) is 9.74. The normalized spacial score (nSPS) is 11.6. The van der Waals surface area contributed by atoms with Crippen molar-refractivity contribution in [1.82, 2.24) is 16.0 Å². The molecule has 0 heterocycles. The maximum atomic E-state index is 11.9. The highest BCUT2D eigenvalue weighted by Crippen LogP contribution is 2.12. The third-order valence-corrected chi connectivity index (χ3v) is 3.74. The fourth-order valence-electron chi connectivity index (χ4n) is 2.31. The lowest BCUT2D eigenvalue weighted by molar-refractivity contribution is -0.139. The third-order valence-electron chi connectivity index (χ3n) is 3.74. The molecule has 12 nitrogen and oxygen atoms in total. The Morgan fingerprint density at radius 2 is 1.53 bits per heavy atom. The van der Waals surface area contributed by atoms with E-state index in [-0.39, 0.29) is 26.1 Å². The second-order valence-corrected chi connectivity index (χ2v) is 7.74. The van der Waals surface area contributed by atoms with E-state index in [0.717, 1.165) is 0 Å². The molecule has 7 N–H and O–H groups in total. The monoisotopic (exact) mass is 451 g/mol. The number of carbonyl (C=O) groups excluding carboxylic acids is 4. The van der Waals surface area contributed by atoms with Crippen LogP contribution in [0.1, 0.15) is 26.3 Å². The molecule has 0 aliphatic heterocycles. The van der Waals surface area contributed by atoms with Gasteiger partial charge in [0, 0.05) is 12.1 Å². The molecule has 0 aromatic heterocycles. The van der Waals surface area contributed by atoms with Gasteiger partial charge in [0.05, 0.1) is 19.6 Å². The summed E-state index contributed by atoms with van der Waals surface area (Å²) in [5.74, 6) is -2.75. The minimum absolute atomic E-state index is 0.00732. The molecule has 0 aliphatic carbocycles. The van der Waals surface area contributed by atoms with E-state index >= 15 is 0 Å². The summed E-state index contributed by atoms with van der Waals surface area (Å²) in [6, 6.07) is 5.12. The lowest BCUT2D eigenvalue weighted by atomic mass is 10.1. The van der Waals surface area contributed by atoms with Crippen LogP contribution < -0.4 is 27.0 Å². The molecule has 1 rings (SSSR count). The standard InChI is InChI=1S/C20H29N5O7/c1-20(2,3)32-19(31)25-14(18(29)30)8-12-4-6-13(7-5-12)24-17(28)11-23-16(27)10-22-15(26)9-21/h4-7,14H,8-11,21H2,1-3H3,(H,22,26)(H,23,27)(H,24,28)(H,25,31)(H,29,30)/t14-/m0/s1. The van der Waals surface area contributed by atoms with Gasteiger partial charge in [0.25, 0.3) is 0 Å². The summed E-state index contributed by atoms with van der Waals surface area (Å²) in [5, 5.41) is 18.8. The Kier molecular flexibility index (Phi) is 10.1. The van der Waals surface area contributed by atoms with Crippen LogP contribution in [0.25, 0.3) is 0 Å². The maximum absolute atomic E-state index is 11.9. The van der Waals surface area contributed by atoms with Gasteiger partial charge in [-0.2, -0.15) is 0 Å². The van der Waals surface area contributed by atoms with Gasteiger partial charge in [-0.25, -0.2) is 9.59 Å². The molecule has 0 radical (unpaired) electrons. The predicted octanol–water partition coefficient (Wildman–Crippen LogP) is -0.663. The number of alkyl carbamates (subject to hydrolysis) is 1.